The van der Waals surface area contributed by atoms with Crippen LogP contribution < -0.4 is 11.1 Å². The molecular formula is C6H13ClN2O2. The van der Waals surface area contributed by atoms with Crippen molar-refractivity contribution in [1.82, 2.24) is 5.32 Å². The van der Waals surface area contributed by atoms with Crippen molar-refractivity contribution in [3.8, 4) is 0 Å². The summed E-state index contributed by atoms with van der Waals surface area (Å²) in [4.78, 5) is 10.1. The molecule has 0 aliphatic heterocycles. The number of hydrogen-bond donors (Lipinski definition) is 3. The minimum absolute atomic E-state index is 0. The zero-order valence-electron chi connectivity index (χ0n) is 6.12. The van der Waals surface area contributed by atoms with Gasteiger partial charge in [0.15, 0.2) is 0 Å². The van der Waals surface area contributed by atoms with Gasteiger partial charge in [0.05, 0.1) is 0 Å². The number of carbonyl (C=O) groups is 1. The molecule has 5 heteroatoms. The van der Waals surface area contributed by atoms with Crippen LogP contribution in [0.5, 0.6) is 0 Å². The van der Waals surface area contributed by atoms with E-state index in [9.17, 15) is 4.79 Å². The maximum Gasteiger partial charge on any atom is 0.404 e. The van der Waals surface area contributed by atoms with E-state index in [1.54, 1.807) is 0 Å². The number of nitrogens with two attached hydrogens (primary N) is 1. The van der Waals surface area contributed by atoms with Crippen LogP contribution in [0.3, 0.4) is 0 Å². The number of hydrogen-bond acceptors (Lipinski definition) is 2. The number of carboxylic acid groups (broad SMARTS) is 1. The van der Waals surface area contributed by atoms with E-state index in [2.05, 4.69) is 5.32 Å². The summed E-state index contributed by atoms with van der Waals surface area (Å²) < 4.78 is 0. The molecule has 1 aliphatic carbocycles. The van der Waals surface area contributed by atoms with E-state index in [1.807, 2.05) is 0 Å². The van der Waals surface area contributed by atoms with Gasteiger partial charge in [-0.05, 0) is 19.3 Å². The Labute approximate surface area is 71.6 Å². The maximum absolute atomic E-state index is 10.1. The third kappa shape index (κ3) is 3.43. The van der Waals surface area contributed by atoms with E-state index in [0.717, 1.165) is 19.3 Å². The van der Waals surface area contributed by atoms with Gasteiger partial charge in [0.1, 0.15) is 0 Å². The van der Waals surface area contributed by atoms with Crippen molar-refractivity contribution in [2.45, 2.75) is 31.3 Å². The van der Waals surface area contributed by atoms with Crippen molar-refractivity contribution in [2.24, 2.45) is 5.73 Å². The predicted molar refractivity (Wildman–Crippen MR) is 44.0 cm³/mol. The van der Waals surface area contributed by atoms with Gasteiger partial charge in [-0.1, -0.05) is 0 Å². The van der Waals surface area contributed by atoms with Gasteiger partial charge < -0.3 is 16.2 Å². The quantitative estimate of drug-likeness (QED) is 0.552. The number of rotatable bonds is 1. The number of nitrogens with one attached hydrogen (secondary N) is 1. The molecule has 1 fully saturated rings. The molecule has 0 spiro atoms. The van der Waals surface area contributed by atoms with E-state index in [4.69, 9.17) is 10.8 Å². The molecule has 1 aliphatic rings. The molecule has 0 saturated heterocycles. The molecule has 0 aromatic rings. The van der Waals surface area contributed by atoms with Crippen molar-refractivity contribution < 1.29 is 9.90 Å². The van der Waals surface area contributed by atoms with Crippen LogP contribution in [0, 0.1) is 0 Å². The summed E-state index contributed by atoms with van der Waals surface area (Å²) in [6, 6.07) is 0.282. The van der Waals surface area contributed by atoms with Gasteiger partial charge in [-0.3, -0.25) is 0 Å². The van der Waals surface area contributed by atoms with E-state index in [1.165, 1.54) is 0 Å². The molecule has 0 aromatic heterocycles. The van der Waals surface area contributed by atoms with Crippen LogP contribution in [0.15, 0.2) is 0 Å². The van der Waals surface area contributed by atoms with E-state index in [0.29, 0.717) is 0 Å². The van der Waals surface area contributed by atoms with Crippen LogP contribution in [-0.4, -0.2) is 23.3 Å². The van der Waals surface area contributed by atoms with Gasteiger partial charge in [-0.15, -0.1) is 12.4 Å². The highest BCUT2D eigenvalue weighted by Crippen LogP contribution is 2.16. The zero-order chi connectivity index (χ0) is 7.56. The van der Waals surface area contributed by atoms with Gasteiger partial charge in [0, 0.05) is 12.1 Å². The minimum atomic E-state index is -0.945. The highest BCUT2D eigenvalue weighted by Gasteiger charge is 2.22. The Morgan fingerprint density at radius 3 is 2.55 bits per heavy atom. The van der Waals surface area contributed by atoms with Crippen molar-refractivity contribution in [3.05, 3.63) is 0 Å². The molecule has 0 unspecified atom stereocenters. The summed E-state index contributed by atoms with van der Waals surface area (Å²) in [6.07, 6.45) is 1.66. The molecule has 2 atom stereocenters. The van der Waals surface area contributed by atoms with Crippen LogP contribution >= 0.6 is 12.4 Å². The lowest BCUT2D eigenvalue weighted by Gasteiger charge is -2.07. The molecule has 0 bridgehead atoms. The molecule has 4 nitrogen and oxygen atoms in total. The fourth-order valence-electron chi connectivity index (χ4n) is 1.32. The standard InChI is InChI=1S/C6H12N2O2.ClH/c7-4-1-2-5(3-4)8-6(9)10;/h4-5,8H,1-3,7H2,(H,9,10);1H/t4-,5+;/m0./s1. The Hall–Kier alpha value is -0.480. The summed E-state index contributed by atoms with van der Waals surface area (Å²) >= 11 is 0. The monoisotopic (exact) mass is 180 g/mol. The van der Waals surface area contributed by atoms with Gasteiger partial charge in [-0.2, -0.15) is 0 Å². The maximum atomic E-state index is 10.1. The van der Waals surface area contributed by atoms with E-state index < -0.39 is 6.09 Å². The van der Waals surface area contributed by atoms with Crippen molar-refractivity contribution >= 4 is 18.5 Å². The molecule has 1 amide bonds. The highest BCUT2D eigenvalue weighted by molar-refractivity contribution is 5.85. The SMILES string of the molecule is Cl.N[C@H]1CC[C@@H](NC(=O)O)C1. The van der Waals surface area contributed by atoms with Crippen molar-refractivity contribution in [2.75, 3.05) is 0 Å². The second-order valence-corrected chi connectivity index (χ2v) is 2.72. The Morgan fingerprint density at radius 1 is 1.55 bits per heavy atom. The minimum Gasteiger partial charge on any atom is -0.465 e. The predicted octanol–water partition coefficient (Wildman–Crippen LogP) is 0.556. The Balaban J connectivity index is 0.000001000. The van der Waals surface area contributed by atoms with Gasteiger partial charge in [-0.25, -0.2) is 4.79 Å². The summed E-state index contributed by atoms with van der Waals surface area (Å²) in [5.41, 5.74) is 5.57. The first kappa shape index (κ1) is 10.5. The summed E-state index contributed by atoms with van der Waals surface area (Å²) in [7, 11) is 0. The largest absolute Gasteiger partial charge is 0.465 e. The highest BCUT2D eigenvalue weighted by atomic mass is 35.5. The lowest BCUT2D eigenvalue weighted by molar-refractivity contribution is 0.190. The molecule has 0 radical (unpaired) electrons. The van der Waals surface area contributed by atoms with Crippen LogP contribution in [-0.2, 0) is 0 Å². The van der Waals surface area contributed by atoms with Crippen LogP contribution in [0.4, 0.5) is 4.79 Å². The molecule has 0 aromatic carbocycles. The molecule has 0 heterocycles. The lowest BCUT2D eigenvalue weighted by atomic mass is 10.2. The van der Waals surface area contributed by atoms with E-state index >= 15 is 0 Å². The van der Waals surface area contributed by atoms with Crippen LogP contribution in [0.25, 0.3) is 0 Å². The molecular weight excluding hydrogens is 168 g/mol. The van der Waals surface area contributed by atoms with Crippen molar-refractivity contribution in [1.29, 1.82) is 0 Å². The summed E-state index contributed by atoms with van der Waals surface area (Å²) in [5.74, 6) is 0. The van der Waals surface area contributed by atoms with Gasteiger partial charge >= 0.3 is 6.09 Å². The summed E-state index contributed by atoms with van der Waals surface area (Å²) in [6.45, 7) is 0. The fraction of sp³-hybridized carbons (Fsp3) is 0.833. The molecule has 66 valence electrons. The third-order valence-electron chi connectivity index (χ3n) is 1.80. The fourth-order valence-corrected chi connectivity index (χ4v) is 1.32. The summed E-state index contributed by atoms with van der Waals surface area (Å²) in [5, 5.41) is 10.7. The number of halogens is 1. The third-order valence-corrected chi connectivity index (χ3v) is 1.80. The second kappa shape index (κ2) is 4.41. The van der Waals surface area contributed by atoms with Crippen LogP contribution in [0.2, 0.25) is 0 Å². The normalized spacial score (nSPS) is 29.2. The topological polar surface area (TPSA) is 75.3 Å². The van der Waals surface area contributed by atoms with E-state index in [-0.39, 0.29) is 24.5 Å². The first-order chi connectivity index (χ1) is 4.68. The molecule has 1 rings (SSSR count). The Kier molecular flexibility index (Phi) is 4.22. The first-order valence-electron chi connectivity index (χ1n) is 3.43. The zero-order valence-corrected chi connectivity index (χ0v) is 6.93. The average molecular weight is 181 g/mol. The van der Waals surface area contributed by atoms with Crippen molar-refractivity contribution in [3.63, 3.8) is 0 Å². The molecule has 4 N–H and O–H groups in total. The lowest BCUT2D eigenvalue weighted by Crippen LogP contribution is -2.32. The van der Waals surface area contributed by atoms with Gasteiger partial charge in [0.2, 0.25) is 0 Å². The molecule has 1 saturated carbocycles. The Bertz CT molecular complexity index is 143. The Morgan fingerprint density at radius 2 is 2.18 bits per heavy atom. The smallest absolute Gasteiger partial charge is 0.404 e. The first-order valence-corrected chi connectivity index (χ1v) is 3.43. The molecule has 11 heavy (non-hydrogen) atoms. The average Bonchev–Trinajstić information content (AvgIpc) is 2.13. The van der Waals surface area contributed by atoms with Gasteiger partial charge in [0.25, 0.3) is 0 Å². The number of amides is 1. The second-order valence-electron chi connectivity index (χ2n) is 2.72. The van der Waals surface area contributed by atoms with Crippen LogP contribution in [0.1, 0.15) is 19.3 Å².